The normalized spacial score (nSPS) is 10.6. The third-order valence-corrected chi connectivity index (χ3v) is 3.91. The molecule has 3 rings (SSSR count). The van der Waals surface area contributed by atoms with Crippen molar-refractivity contribution in [2.45, 2.75) is 25.8 Å². The Morgan fingerprint density at radius 1 is 0.913 bits per heavy atom. The van der Waals surface area contributed by atoms with E-state index in [4.69, 9.17) is 0 Å². The first-order valence-corrected chi connectivity index (χ1v) is 7.99. The quantitative estimate of drug-likeness (QED) is 0.479. The molecule has 1 heterocycles. The summed E-state index contributed by atoms with van der Waals surface area (Å²) in [6.45, 7) is 0.834. The highest BCUT2D eigenvalue weighted by molar-refractivity contribution is 5.85. The number of hydrogen-bond acceptors (Lipinski definition) is 2. The van der Waals surface area contributed by atoms with E-state index in [0.717, 1.165) is 43.4 Å². The predicted molar refractivity (Wildman–Crippen MR) is 92.4 cm³/mol. The molecule has 23 heavy (non-hydrogen) atoms. The average Bonchev–Trinajstić information content (AvgIpc) is 3.04. The van der Waals surface area contributed by atoms with Gasteiger partial charge in [-0.2, -0.15) is 5.10 Å². The summed E-state index contributed by atoms with van der Waals surface area (Å²) in [6.07, 6.45) is 5.96. The van der Waals surface area contributed by atoms with Gasteiger partial charge in [-0.05, 0) is 24.8 Å². The van der Waals surface area contributed by atoms with Crippen LogP contribution in [0.5, 0.6) is 0 Å². The van der Waals surface area contributed by atoms with E-state index in [2.05, 4.69) is 29.4 Å². The number of carbonyl (C=O) groups is 1. The van der Waals surface area contributed by atoms with E-state index in [1.807, 2.05) is 47.3 Å². The molecule has 0 saturated heterocycles. The lowest BCUT2D eigenvalue weighted by molar-refractivity contribution is 0.112. The zero-order valence-electron chi connectivity index (χ0n) is 13.1. The number of unbranched alkanes of at least 4 members (excludes halogenated alkanes) is 1. The van der Waals surface area contributed by atoms with Gasteiger partial charge in [0.1, 0.15) is 5.69 Å². The molecule has 0 radical (unpaired) electrons. The Hall–Kier alpha value is -2.68. The molecule has 0 fully saturated rings. The molecular formula is C20H20N2O. The van der Waals surface area contributed by atoms with Crippen molar-refractivity contribution < 1.29 is 4.79 Å². The summed E-state index contributed by atoms with van der Waals surface area (Å²) >= 11 is 0. The van der Waals surface area contributed by atoms with Crippen molar-refractivity contribution in [2.24, 2.45) is 0 Å². The molecule has 3 aromatic rings. The Morgan fingerprint density at radius 2 is 1.61 bits per heavy atom. The molecule has 3 nitrogen and oxygen atoms in total. The highest BCUT2D eigenvalue weighted by Gasteiger charge is 2.10. The van der Waals surface area contributed by atoms with Crippen LogP contribution in [0, 0.1) is 0 Å². The summed E-state index contributed by atoms with van der Waals surface area (Å²) in [4.78, 5) is 11.3. The van der Waals surface area contributed by atoms with Gasteiger partial charge in [-0.3, -0.25) is 9.48 Å². The number of aromatic nitrogens is 2. The van der Waals surface area contributed by atoms with E-state index in [9.17, 15) is 4.79 Å². The van der Waals surface area contributed by atoms with Crippen LogP contribution >= 0.6 is 0 Å². The smallest absolute Gasteiger partial charge is 0.153 e. The minimum atomic E-state index is 0.652. The van der Waals surface area contributed by atoms with Gasteiger partial charge in [-0.1, -0.05) is 60.7 Å². The van der Waals surface area contributed by atoms with Crippen LogP contribution in [0.1, 0.15) is 28.8 Å². The van der Waals surface area contributed by atoms with Crippen molar-refractivity contribution in [3.8, 4) is 11.3 Å². The van der Waals surface area contributed by atoms with E-state index in [1.54, 1.807) is 0 Å². The Balaban J connectivity index is 1.61. The van der Waals surface area contributed by atoms with Crippen molar-refractivity contribution >= 4 is 6.29 Å². The Labute approximate surface area is 136 Å². The highest BCUT2D eigenvalue weighted by atomic mass is 16.1. The molecule has 0 amide bonds. The van der Waals surface area contributed by atoms with Gasteiger partial charge in [0.2, 0.25) is 0 Å². The van der Waals surface area contributed by atoms with Gasteiger partial charge in [0.25, 0.3) is 0 Å². The molecule has 0 unspecified atom stereocenters. The molecular weight excluding hydrogens is 284 g/mol. The lowest BCUT2D eigenvalue weighted by Gasteiger charge is -2.02. The molecule has 3 heteroatoms. The lowest BCUT2D eigenvalue weighted by atomic mass is 10.1. The Morgan fingerprint density at radius 3 is 2.30 bits per heavy atom. The van der Waals surface area contributed by atoms with Crippen LogP contribution in [-0.2, 0) is 13.0 Å². The first-order valence-electron chi connectivity index (χ1n) is 7.99. The van der Waals surface area contributed by atoms with Crippen LogP contribution in [0.25, 0.3) is 11.3 Å². The van der Waals surface area contributed by atoms with Crippen LogP contribution in [0.3, 0.4) is 0 Å². The number of benzene rings is 2. The van der Waals surface area contributed by atoms with E-state index in [1.165, 1.54) is 5.56 Å². The molecule has 0 aliphatic carbocycles. The standard InChI is InChI=1S/C20H20N2O/c23-16-19-15-22(21-20(19)18-12-5-2-6-13-18)14-8-7-11-17-9-3-1-4-10-17/h1-6,9-10,12-13,15-16H,7-8,11,14H2. The molecule has 0 N–H and O–H groups in total. The third-order valence-electron chi connectivity index (χ3n) is 3.91. The minimum absolute atomic E-state index is 0.652. The van der Waals surface area contributed by atoms with E-state index in [0.29, 0.717) is 5.56 Å². The van der Waals surface area contributed by atoms with Crippen LogP contribution in [0.4, 0.5) is 0 Å². The van der Waals surface area contributed by atoms with Crippen LogP contribution in [-0.4, -0.2) is 16.1 Å². The number of aldehydes is 1. The highest BCUT2D eigenvalue weighted by Crippen LogP contribution is 2.20. The van der Waals surface area contributed by atoms with Crippen LogP contribution in [0.15, 0.2) is 66.9 Å². The zero-order valence-corrected chi connectivity index (χ0v) is 13.1. The topological polar surface area (TPSA) is 34.9 Å². The number of rotatable bonds is 7. The number of aryl methyl sites for hydroxylation is 2. The zero-order chi connectivity index (χ0) is 15.9. The molecule has 0 aliphatic heterocycles. The van der Waals surface area contributed by atoms with Gasteiger partial charge in [0, 0.05) is 18.3 Å². The number of hydrogen-bond donors (Lipinski definition) is 0. The second kappa shape index (κ2) is 7.54. The molecule has 116 valence electrons. The molecule has 0 bridgehead atoms. The first kappa shape index (κ1) is 15.2. The summed E-state index contributed by atoms with van der Waals surface area (Å²) in [5.41, 5.74) is 3.77. The molecule has 2 aromatic carbocycles. The summed E-state index contributed by atoms with van der Waals surface area (Å²) in [5.74, 6) is 0. The van der Waals surface area contributed by atoms with Gasteiger partial charge < -0.3 is 0 Å². The van der Waals surface area contributed by atoms with Gasteiger partial charge in [0.05, 0.1) is 5.56 Å². The van der Waals surface area contributed by atoms with Crippen molar-refractivity contribution in [1.82, 2.24) is 9.78 Å². The fourth-order valence-electron chi connectivity index (χ4n) is 2.71. The predicted octanol–water partition coefficient (Wildman–Crippen LogP) is 4.39. The Kier molecular flexibility index (Phi) is 4.99. The van der Waals surface area contributed by atoms with E-state index < -0.39 is 0 Å². The summed E-state index contributed by atoms with van der Waals surface area (Å²) in [6, 6.07) is 20.4. The van der Waals surface area contributed by atoms with Crippen molar-refractivity contribution in [2.75, 3.05) is 0 Å². The molecule has 0 spiro atoms. The van der Waals surface area contributed by atoms with Gasteiger partial charge in [-0.25, -0.2) is 0 Å². The largest absolute Gasteiger partial charge is 0.298 e. The SMILES string of the molecule is O=Cc1cn(CCCCc2ccccc2)nc1-c1ccccc1. The molecule has 0 saturated carbocycles. The monoisotopic (exact) mass is 304 g/mol. The second-order valence-corrected chi connectivity index (χ2v) is 5.62. The minimum Gasteiger partial charge on any atom is -0.298 e. The van der Waals surface area contributed by atoms with E-state index >= 15 is 0 Å². The Bertz CT molecular complexity index is 748. The summed E-state index contributed by atoms with van der Waals surface area (Å²) in [7, 11) is 0. The maximum Gasteiger partial charge on any atom is 0.153 e. The van der Waals surface area contributed by atoms with E-state index in [-0.39, 0.29) is 0 Å². The fourth-order valence-corrected chi connectivity index (χ4v) is 2.71. The third kappa shape index (κ3) is 3.95. The van der Waals surface area contributed by atoms with Crippen molar-refractivity contribution in [3.05, 3.63) is 78.0 Å². The second-order valence-electron chi connectivity index (χ2n) is 5.62. The van der Waals surface area contributed by atoms with Gasteiger partial charge >= 0.3 is 0 Å². The summed E-state index contributed by atoms with van der Waals surface area (Å²) < 4.78 is 1.89. The van der Waals surface area contributed by atoms with Gasteiger partial charge in [0.15, 0.2) is 6.29 Å². The number of nitrogens with zero attached hydrogens (tertiary/aromatic N) is 2. The van der Waals surface area contributed by atoms with Crippen LogP contribution < -0.4 is 0 Å². The van der Waals surface area contributed by atoms with Crippen molar-refractivity contribution in [1.29, 1.82) is 0 Å². The van der Waals surface area contributed by atoms with Crippen molar-refractivity contribution in [3.63, 3.8) is 0 Å². The molecule has 0 aliphatic rings. The number of carbonyl (C=O) groups excluding carboxylic acids is 1. The maximum atomic E-state index is 11.3. The van der Waals surface area contributed by atoms with Gasteiger partial charge in [-0.15, -0.1) is 0 Å². The molecule has 0 atom stereocenters. The fraction of sp³-hybridized carbons (Fsp3) is 0.200. The summed E-state index contributed by atoms with van der Waals surface area (Å²) in [5, 5.41) is 4.58. The lowest BCUT2D eigenvalue weighted by Crippen LogP contribution is -1.99. The first-order chi connectivity index (χ1) is 11.4. The molecule has 1 aromatic heterocycles. The maximum absolute atomic E-state index is 11.3. The van der Waals surface area contributed by atoms with Crippen LogP contribution in [0.2, 0.25) is 0 Å². The average molecular weight is 304 g/mol.